The van der Waals surface area contributed by atoms with Crippen LogP contribution in [-0.2, 0) is 4.74 Å². The Morgan fingerprint density at radius 3 is 2.35 bits per heavy atom. The quantitative estimate of drug-likeness (QED) is 0.334. The maximum Gasteiger partial charge on any atom is 0.338 e. The molecule has 0 radical (unpaired) electrons. The zero-order chi connectivity index (χ0) is 16.9. The van der Waals surface area contributed by atoms with Crippen LogP contribution in [0.4, 0.5) is 4.39 Å². The molecule has 0 spiro atoms. The SMILES string of the molecule is CCCCCCCCCC(CCC)OC(=O)c1cccc(F)c1. The first-order valence-electron chi connectivity index (χ1n) is 9.14. The fourth-order valence-electron chi connectivity index (χ4n) is 2.75. The van der Waals surface area contributed by atoms with Crippen LogP contribution in [0.1, 0.15) is 88.4 Å². The zero-order valence-electron chi connectivity index (χ0n) is 14.7. The molecule has 0 N–H and O–H groups in total. The molecule has 1 aromatic rings. The molecule has 1 rings (SSSR count). The van der Waals surface area contributed by atoms with Gasteiger partial charge in [-0.3, -0.25) is 0 Å². The third-order valence-electron chi connectivity index (χ3n) is 4.07. The first-order valence-corrected chi connectivity index (χ1v) is 9.14. The van der Waals surface area contributed by atoms with Crippen molar-refractivity contribution in [2.45, 2.75) is 84.2 Å². The maximum atomic E-state index is 13.2. The average molecular weight is 322 g/mol. The second kappa shape index (κ2) is 12.1. The molecule has 2 nitrogen and oxygen atoms in total. The summed E-state index contributed by atoms with van der Waals surface area (Å²) in [7, 11) is 0. The van der Waals surface area contributed by atoms with Gasteiger partial charge in [-0.05, 0) is 37.5 Å². The van der Waals surface area contributed by atoms with Crippen LogP contribution < -0.4 is 0 Å². The monoisotopic (exact) mass is 322 g/mol. The molecule has 1 aromatic carbocycles. The minimum absolute atomic E-state index is 0.0496. The smallest absolute Gasteiger partial charge is 0.338 e. The maximum absolute atomic E-state index is 13.2. The molecular formula is C20H31FO2. The number of esters is 1. The number of carbonyl (C=O) groups excluding carboxylic acids is 1. The van der Waals surface area contributed by atoms with Crippen LogP contribution in [0.3, 0.4) is 0 Å². The van der Waals surface area contributed by atoms with E-state index in [4.69, 9.17) is 4.74 Å². The summed E-state index contributed by atoms with van der Waals surface area (Å²) in [6.07, 6.45) is 11.5. The lowest BCUT2D eigenvalue weighted by molar-refractivity contribution is 0.0253. The molecule has 0 aliphatic carbocycles. The minimum Gasteiger partial charge on any atom is -0.459 e. The van der Waals surface area contributed by atoms with Crippen molar-refractivity contribution in [2.75, 3.05) is 0 Å². The van der Waals surface area contributed by atoms with Crippen molar-refractivity contribution in [3.63, 3.8) is 0 Å². The van der Waals surface area contributed by atoms with Gasteiger partial charge in [-0.2, -0.15) is 0 Å². The lowest BCUT2D eigenvalue weighted by Crippen LogP contribution is -2.18. The van der Waals surface area contributed by atoms with Crippen molar-refractivity contribution >= 4 is 5.97 Å². The summed E-state index contributed by atoms with van der Waals surface area (Å²) in [5.74, 6) is -0.815. The second-order valence-corrected chi connectivity index (χ2v) is 6.24. The zero-order valence-corrected chi connectivity index (χ0v) is 14.7. The number of halogens is 1. The van der Waals surface area contributed by atoms with Gasteiger partial charge >= 0.3 is 5.97 Å². The van der Waals surface area contributed by atoms with Crippen LogP contribution in [0.15, 0.2) is 24.3 Å². The third-order valence-corrected chi connectivity index (χ3v) is 4.07. The summed E-state index contributed by atoms with van der Waals surface area (Å²) < 4.78 is 18.8. The van der Waals surface area contributed by atoms with Crippen LogP contribution in [0, 0.1) is 5.82 Å². The van der Waals surface area contributed by atoms with E-state index in [1.54, 1.807) is 6.07 Å². The molecule has 23 heavy (non-hydrogen) atoms. The van der Waals surface area contributed by atoms with Crippen molar-refractivity contribution in [1.29, 1.82) is 0 Å². The highest BCUT2D eigenvalue weighted by Gasteiger charge is 2.15. The molecule has 0 heterocycles. The molecule has 0 aliphatic heterocycles. The van der Waals surface area contributed by atoms with Gasteiger partial charge in [0.1, 0.15) is 11.9 Å². The van der Waals surface area contributed by atoms with Crippen LogP contribution in [0.25, 0.3) is 0 Å². The van der Waals surface area contributed by atoms with Crippen molar-refractivity contribution < 1.29 is 13.9 Å². The number of ether oxygens (including phenoxy) is 1. The molecule has 1 unspecified atom stereocenters. The van der Waals surface area contributed by atoms with Gasteiger partial charge in [-0.25, -0.2) is 9.18 Å². The van der Waals surface area contributed by atoms with Crippen LogP contribution in [0.2, 0.25) is 0 Å². The van der Waals surface area contributed by atoms with E-state index in [1.807, 2.05) is 0 Å². The molecule has 1 atom stereocenters. The molecule has 0 amide bonds. The fourth-order valence-corrected chi connectivity index (χ4v) is 2.75. The predicted octanol–water partition coefficient (Wildman–Crippen LogP) is 6.29. The summed E-state index contributed by atoms with van der Waals surface area (Å²) in [5.41, 5.74) is 0.297. The molecule has 0 fully saturated rings. The van der Waals surface area contributed by atoms with Gasteiger partial charge in [0, 0.05) is 0 Å². The van der Waals surface area contributed by atoms with E-state index in [-0.39, 0.29) is 6.10 Å². The molecule has 0 bridgehead atoms. The molecular weight excluding hydrogens is 291 g/mol. The molecule has 130 valence electrons. The largest absolute Gasteiger partial charge is 0.459 e. The number of unbranched alkanes of at least 4 members (excludes halogenated alkanes) is 6. The molecule has 0 saturated carbocycles. The van der Waals surface area contributed by atoms with Gasteiger partial charge in [-0.1, -0.05) is 64.9 Å². The first-order chi connectivity index (χ1) is 11.2. The van der Waals surface area contributed by atoms with E-state index in [9.17, 15) is 9.18 Å². The highest BCUT2D eigenvalue weighted by Crippen LogP contribution is 2.16. The summed E-state index contributed by atoms with van der Waals surface area (Å²) in [6, 6.07) is 5.71. The second-order valence-electron chi connectivity index (χ2n) is 6.24. The standard InChI is InChI=1S/C20H31FO2/c1-3-5-6-7-8-9-10-15-19(12-4-2)23-20(22)17-13-11-14-18(21)16-17/h11,13-14,16,19H,3-10,12,15H2,1-2H3. The minimum atomic E-state index is -0.411. The molecule has 0 aromatic heterocycles. The van der Waals surface area contributed by atoms with E-state index < -0.39 is 11.8 Å². The molecule has 0 aliphatic rings. The van der Waals surface area contributed by atoms with Gasteiger partial charge in [0.15, 0.2) is 0 Å². The predicted molar refractivity (Wildman–Crippen MR) is 93.1 cm³/mol. The van der Waals surface area contributed by atoms with E-state index in [0.717, 1.165) is 25.7 Å². The summed E-state index contributed by atoms with van der Waals surface area (Å²) in [5, 5.41) is 0. The van der Waals surface area contributed by atoms with Crippen LogP contribution >= 0.6 is 0 Å². The summed E-state index contributed by atoms with van der Waals surface area (Å²) >= 11 is 0. The van der Waals surface area contributed by atoms with Gasteiger partial charge in [0.2, 0.25) is 0 Å². The average Bonchev–Trinajstić information content (AvgIpc) is 2.54. The number of rotatable bonds is 12. The number of hydrogen-bond donors (Lipinski definition) is 0. The first kappa shape index (κ1) is 19.7. The van der Waals surface area contributed by atoms with Gasteiger partial charge in [-0.15, -0.1) is 0 Å². The topological polar surface area (TPSA) is 26.3 Å². The Labute approximate surface area is 140 Å². The van der Waals surface area contributed by atoms with Crippen molar-refractivity contribution in [1.82, 2.24) is 0 Å². The highest BCUT2D eigenvalue weighted by molar-refractivity contribution is 5.89. The lowest BCUT2D eigenvalue weighted by Gasteiger charge is -2.17. The normalized spacial score (nSPS) is 12.1. The van der Waals surface area contributed by atoms with E-state index in [2.05, 4.69) is 13.8 Å². The van der Waals surface area contributed by atoms with Gasteiger partial charge < -0.3 is 4.74 Å². The Balaban J connectivity index is 2.32. The Bertz CT molecular complexity index is 445. The van der Waals surface area contributed by atoms with Crippen LogP contribution in [0.5, 0.6) is 0 Å². The number of hydrogen-bond acceptors (Lipinski definition) is 2. The van der Waals surface area contributed by atoms with E-state index in [1.165, 1.54) is 56.7 Å². The van der Waals surface area contributed by atoms with E-state index in [0.29, 0.717) is 5.56 Å². The van der Waals surface area contributed by atoms with Crippen molar-refractivity contribution in [2.24, 2.45) is 0 Å². The lowest BCUT2D eigenvalue weighted by atomic mass is 10.0. The fraction of sp³-hybridized carbons (Fsp3) is 0.650. The molecule has 3 heteroatoms. The summed E-state index contributed by atoms with van der Waals surface area (Å²) in [4.78, 5) is 12.1. The highest BCUT2D eigenvalue weighted by atomic mass is 19.1. The van der Waals surface area contributed by atoms with E-state index >= 15 is 0 Å². The molecule has 0 saturated heterocycles. The Morgan fingerprint density at radius 2 is 1.70 bits per heavy atom. The van der Waals surface area contributed by atoms with Gasteiger partial charge in [0.25, 0.3) is 0 Å². The Hall–Kier alpha value is -1.38. The van der Waals surface area contributed by atoms with Crippen molar-refractivity contribution in [3.8, 4) is 0 Å². The Kier molecular flexibility index (Phi) is 10.3. The van der Waals surface area contributed by atoms with Crippen molar-refractivity contribution in [3.05, 3.63) is 35.6 Å². The number of carbonyl (C=O) groups is 1. The summed E-state index contributed by atoms with van der Waals surface area (Å²) in [6.45, 7) is 4.32. The van der Waals surface area contributed by atoms with Gasteiger partial charge in [0.05, 0.1) is 5.56 Å². The van der Waals surface area contributed by atoms with Crippen LogP contribution in [-0.4, -0.2) is 12.1 Å². The third kappa shape index (κ3) is 8.73. The number of benzene rings is 1. The Morgan fingerprint density at radius 1 is 1.00 bits per heavy atom.